The number of rotatable bonds is 3. The van der Waals surface area contributed by atoms with Crippen LogP contribution in [-0.2, 0) is 4.79 Å². The Balaban J connectivity index is 1.84. The number of nitrogens with zero attached hydrogens (tertiary/aromatic N) is 4. The topological polar surface area (TPSA) is 126 Å². The third kappa shape index (κ3) is 3.35. The van der Waals surface area contributed by atoms with E-state index < -0.39 is 6.10 Å². The zero-order chi connectivity index (χ0) is 19.8. The summed E-state index contributed by atoms with van der Waals surface area (Å²) in [5.74, 6) is 0.171. The van der Waals surface area contributed by atoms with Crippen LogP contribution >= 0.6 is 0 Å². The van der Waals surface area contributed by atoms with Crippen molar-refractivity contribution in [2.75, 3.05) is 23.7 Å². The van der Waals surface area contributed by atoms with Gasteiger partial charge in [0.2, 0.25) is 11.9 Å². The zero-order valence-electron chi connectivity index (χ0n) is 16.0. The predicted molar refractivity (Wildman–Crippen MR) is 106 cm³/mol. The number of amides is 1. The Morgan fingerprint density at radius 2 is 2.07 bits per heavy atom. The Hall–Kier alpha value is -2.52. The lowest BCUT2D eigenvalue weighted by Gasteiger charge is -2.32. The van der Waals surface area contributed by atoms with Crippen LogP contribution in [0.25, 0.3) is 11.0 Å². The molecule has 2 aliphatic rings. The highest BCUT2D eigenvalue weighted by molar-refractivity contribution is 5.92. The number of piperidine rings is 1. The van der Waals surface area contributed by atoms with E-state index in [1.54, 1.807) is 15.7 Å². The first-order valence-electron chi connectivity index (χ1n) is 9.82. The molecule has 1 saturated heterocycles. The first kappa shape index (κ1) is 18.8. The van der Waals surface area contributed by atoms with Gasteiger partial charge in [-0.05, 0) is 45.2 Å². The molecule has 2 aromatic rings. The minimum Gasteiger partial charge on any atom is -0.398 e. The van der Waals surface area contributed by atoms with E-state index in [0.29, 0.717) is 41.9 Å². The SMILES string of the molecule is CC(=O)N(c1ncc2c(N)cc(=O)n([C@H]3CC[C@H](O)C3)c2n1)C1CCNCC1. The number of aliphatic hydroxyl groups is 1. The van der Waals surface area contributed by atoms with Gasteiger partial charge in [0.1, 0.15) is 0 Å². The first-order valence-corrected chi connectivity index (χ1v) is 9.82. The van der Waals surface area contributed by atoms with Crippen LogP contribution in [0, 0.1) is 0 Å². The number of nitrogens with two attached hydrogens (primary N) is 1. The van der Waals surface area contributed by atoms with E-state index in [9.17, 15) is 14.7 Å². The average molecular weight is 386 g/mol. The van der Waals surface area contributed by atoms with Gasteiger partial charge in [0.15, 0.2) is 5.65 Å². The molecule has 0 radical (unpaired) electrons. The summed E-state index contributed by atoms with van der Waals surface area (Å²) in [5.41, 5.74) is 6.55. The van der Waals surface area contributed by atoms with E-state index in [1.165, 1.54) is 13.0 Å². The van der Waals surface area contributed by atoms with Crippen molar-refractivity contribution in [1.29, 1.82) is 0 Å². The largest absolute Gasteiger partial charge is 0.398 e. The molecule has 1 saturated carbocycles. The molecule has 1 aliphatic carbocycles. The molecular weight excluding hydrogens is 360 g/mol. The van der Waals surface area contributed by atoms with Gasteiger partial charge < -0.3 is 16.2 Å². The molecule has 28 heavy (non-hydrogen) atoms. The minimum atomic E-state index is -0.422. The average Bonchev–Trinajstić information content (AvgIpc) is 3.08. The van der Waals surface area contributed by atoms with Crippen molar-refractivity contribution >= 4 is 28.6 Å². The van der Waals surface area contributed by atoms with Gasteiger partial charge in [0, 0.05) is 37.0 Å². The molecule has 2 fully saturated rings. The standard InChI is InChI=1S/C19H26N6O3/c1-11(26)24(12-4-6-21-7-5-12)19-22-10-15-16(20)9-17(28)25(18(15)23-19)13-2-3-14(27)8-13/h9-10,12-14,21,27H,2-8,20H2,1H3/t13-,14-/m0/s1. The van der Waals surface area contributed by atoms with Crippen molar-refractivity contribution in [2.45, 2.75) is 57.2 Å². The maximum atomic E-state index is 12.7. The van der Waals surface area contributed by atoms with Crippen LogP contribution in [0.4, 0.5) is 11.6 Å². The van der Waals surface area contributed by atoms with Crippen LogP contribution in [0.5, 0.6) is 0 Å². The lowest BCUT2D eigenvalue weighted by atomic mass is 10.1. The Labute approximate surface area is 162 Å². The second kappa shape index (κ2) is 7.48. The molecule has 1 amide bonds. The number of hydrogen-bond donors (Lipinski definition) is 3. The van der Waals surface area contributed by atoms with Gasteiger partial charge in [-0.3, -0.25) is 19.1 Å². The molecule has 2 atom stereocenters. The molecule has 9 nitrogen and oxygen atoms in total. The van der Waals surface area contributed by atoms with Crippen LogP contribution in [0.15, 0.2) is 17.1 Å². The van der Waals surface area contributed by atoms with Gasteiger partial charge in [-0.25, -0.2) is 4.98 Å². The van der Waals surface area contributed by atoms with Crippen molar-refractivity contribution in [3.05, 3.63) is 22.6 Å². The summed E-state index contributed by atoms with van der Waals surface area (Å²) in [6.45, 7) is 3.18. The Bertz CT molecular complexity index is 953. The molecule has 0 spiro atoms. The number of carbonyl (C=O) groups is 1. The predicted octanol–water partition coefficient (Wildman–Crippen LogP) is 0.564. The molecule has 2 aromatic heterocycles. The third-order valence-electron chi connectivity index (χ3n) is 5.78. The molecule has 0 unspecified atom stereocenters. The van der Waals surface area contributed by atoms with Crippen LogP contribution in [-0.4, -0.2) is 50.8 Å². The summed E-state index contributed by atoms with van der Waals surface area (Å²) in [4.78, 5) is 35.8. The van der Waals surface area contributed by atoms with Crippen molar-refractivity contribution < 1.29 is 9.90 Å². The second-order valence-electron chi connectivity index (χ2n) is 7.71. The number of aromatic nitrogens is 3. The summed E-state index contributed by atoms with van der Waals surface area (Å²) in [6, 6.07) is 1.26. The smallest absolute Gasteiger partial charge is 0.254 e. The monoisotopic (exact) mass is 386 g/mol. The number of nitrogen functional groups attached to an aromatic ring is 1. The number of carbonyl (C=O) groups excluding carboxylic acids is 1. The fraction of sp³-hybridized carbons (Fsp3) is 0.579. The second-order valence-corrected chi connectivity index (χ2v) is 7.71. The van der Waals surface area contributed by atoms with Crippen LogP contribution in [0.1, 0.15) is 45.1 Å². The normalized spacial score (nSPS) is 23.2. The summed E-state index contributed by atoms with van der Waals surface area (Å²) >= 11 is 0. The molecule has 3 heterocycles. The highest BCUT2D eigenvalue weighted by atomic mass is 16.3. The Kier molecular flexibility index (Phi) is 5.03. The quantitative estimate of drug-likeness (QED) is 0.704. The number of hydrogen-bond acceptors (Lipinski definition) is 7. The first-order chi connectivity index (χ1) is 13.5. The number of aliphatic hydroxyl groups excluding tert-OH is 1. The van der Waals surface area contributed by atoms with E-state index in [1.807, 2.05) is 0 Å². The highest BCUT2D eigenvalue weighted by Gasteiger charge is 2.30. The van der Waals surface area contributed by atoms with Gasteiger partial charge >= 0.3 is 0 Å². The summed E-state index contributed by atoms with van der Waals surface area (Å²) in [7, 11) is 0. The zero-order valence-corrected chi connectivity index (χ0v) is 16.0. The lowest BCUT2D eigenvalue weighted by Crippen LogP contribution is -2.46. The number of anilines is 2. The van der Waals surface area contributed by atoms with Gasteiger partial charge in [0.05, 0.1) is 11.5 Å². The summed E-state index contributed by atoms with van der Waals surface area (Å²) < 4.78 is 1.60. The van der Waals surface area contributed by atoms with E-state index in [2.05, 4.69) is 15.3 Å². The summed E-state index contributed by atoms with van der Waals surface area (Å²) in [5, 5.41) is 13.8. The van der Waals surface area contributed by atoms with Gasteiger partial charge in [0.25, 0.3) is 5.56 Å². The molecule has 150 valence electrons. The van der Waals surface area contributed by atoms with Crippen molar-refractivity contribution in [3.8, 4) is 0 Å². The Morgan fingerprint density at radius 1 is 1.32 bits per heavy atom. The van der Waals surface area contributed by atoms with Crippen LogP contribution in [0.2, 0.25) is 0 Å². The van der Waals surface area contributed by atoms with Crippen molar-refractivity contribution in [1.82, 2.24) is 19.9 Å². The highest BCUT2D eigenvalue weighted by Crippen LogP contribution is 2.32. The van der Waals surface area contributed by atoms with Gasteiger partial charge in [-0.1, -0.05) is 0 Å². The van der Waals surface area contributed by atoms with E-state index in [-0.39, 0.29) is 23.6 Å². The van der Waals surface area contributed by atoms with Crippen LogP contribution in [0.3, 0.4) is 0 Å². The van der Waals surface area contributed by atoms with Crippen molar-refractivity contribution in [3.63, 3.8) is 0 Å². The van der Waals surface area contributed by atoms with Gasteiger partial charge in [-0.15, -0.1) is 0 Å². The third-order valence-corrected chi connectivity index (χ3v) is 5.78. The molecule has 9 heteroatoms. The number of fused-ring (bicyclic) bond motifs is 1. The van der Waals surface area contributed by atoms with E-state index in [0.717, 1.165) is 25.9 Å². The van der Waals surface area contributed by atoms with E-state index in [4.69, 9.17) is 5.73 Å². The molecule has 1 aliphatic heterocycles. The molecule has 4 N–H and O–H groups in total. The minimum absolute atomic E-state index is 0.0192. The van der Waals surface area contributed by atoms with E-state index >= 15 is 0 Å². The maximum Gasteiger partial charge on any atom is 0.254 e. The van der Waals surface area contributed by atoms with Crippen molar-refractivity contribution in [2.24, 2.45) is 0 Å². The lowest BCUT2D eigenvalue weighted by molar-refractivity contribution is -0.117. The number of pyridine rings is 1. The van der Waals surface area contributed by atoms with Gasteiger partial charge in [-0.2, -0.15) is 4.98 Å². The number of nitrogens with one attached hydrogen (secondary N) is 1. The fourth-order valence-corrected chi connectivity index (χ4v) is 4.40. The van der Waals surface area contributed by atoms with Crippen LogP contribution < -0.4 is 21.5 Å². The summed E-state index contributed by atoms with van der Waals surface area (Å²) in [6.07, 6.45) is 4.65. The molecule has 0 bridgehead atoms. The molecular formula is C19H26N6O3. The Morgan fingerprint density at radius 3 is 2.71 bits per heavy atom. The fourth-order valence-electron chi connectivity index (χ4n) is 4.40. The molecule has 0 aromatic carbocycles. The molecule has 4 rings (SSSR count). The maximum absolute atomic E-state index is 12.7.